The molecular formula is C52H49BN2O2. The summed E-state index contributed by atoms with van der Waals surface area (Å²) in [6, 6.07) is 40.8. The standard InChI is InChI=1S/C52H49BN2O2/c1-30-24-38-36-27-37-34-14-10-12-16-44(34)56-46(37)29-42(36)55(33-20-18-32(19-21-33)50(3,4)5)53-47(38)43(25-30)54(49-48(53)35-15-11-13-17-45(35)57-49)41-28-40-39(26-31(41)2)51(6,7)22-23-52(40,8)9/h10-21,24-29H,22-23H2,1-9H3. The van der Waals surface area contributed by atoms with Gasteiger partial charge < -0.3 is 13.6 Å². The number of benzene rings is 6. The maximum absolute atomic E-state index is 7.17. The Morgan fingerprint density at radius 1 is 0.579 bits per heavy atom. The molecule has 3 aliphatic rings. The van der Waals surface area contributed by atoms with Crippen molar-refractivity contribution in [1.82, 2.24) is 0 Å². The zero-order valence-corrected chi connectivity index (χ0v) is 34.6. The van der Waals surface area contributed by atoms with Gasteiger partial charge in [-0.25, -0.2) is 0 Å². The molecule has 57 heavy (non-hydrogen) atoms. The topological polar surface area (TPSA) is 32.8 Å². The lowest BCUT2D eigenvalue weighted by molar-refractivity contribution is 0.332. The van der Waals surface area contributed by atoms with Crippen LogP contribution in [-0.2, 0) is 16.2 Å². The van der Waals surface area contributed by atoms with E-state index >= 15 is 0 Å². The van der Waals surface area contributed by atoms with Crippen molar-refractivity contribution in [2.75, 3.05) is 9.71 Å². The Bertz CT molecular complexity index is 2990. The Morgan fingerprint density at radius 2 is 1.23 bits per heavy atom. The van der Waals surface area contributed by atoms with Gasteiger partial charge in [0.25, 0.3) is 0 Å². The number of aryl methyl sites for hydroxylation is 2. The molecule has 1 aliphatic carbocycles. The molecule has 0 saturated heterocycles. The van der Waals surface area contributed by atoms with E-state index in [2.05, 4.69) is 181 Å². The summed E-state index contributed by atoms with van der Waals surface area (Å²) in [7, 11) is 0. The van der Waals surface area contributed by atoms with Gasteiger partial charge in [0, 0.05) is 50.3 Å². The van der Waals surface area contributed by atoms with Crippen molar-refractivity contribution in [2.24, 2.45) is 0 Å². The molecule has 4 nitrogen and oxygen atoms in total. The number of rotatable bonds is 2. The normalized spacial score (nSPS) is 16.5. The summed E-state index contributed by atoms with van der Waals surface area (Å²) in [6.45, 7) is 20.9. The molecular weight excluding hydrogens is 695 g/mol. The first-order chi connectivity index (χ1) is 27.2. The second-order valence-electron chi connectivity index (χ2n) is 19.4. The largest absolute Gasteiger partial charge is 0.456 e. The second kappa shape index (κ2) is 11.5. The monoisotopic (exact) mass is 744 g/mol. The summed E-state index contributed by atoms with van der Waals surface area (Å²) >= 11 is 0. The van der Waals surface area contributed by atoms with Gasteiger partial charge in [-0.1, -0.05) is 109 Å². The van der Waals surface area contributed by atoms with E-state index in [1.165, 1.54) is 67.7 Å². The van der Waals surface area contributed by atoms with Crippen molar-refractivity contribution in [3.05, 3.63) is 137 Å². The van der Waals surface area contributed by atoms with Gasteiger partial charge in [-0.3, -0.25) is 4.90 Å². The highest BCUT2D eigenvalue weighted by atomic mass is 16.4. The van der Waals surface area contributed by atoms with Crippen LogP contribution < -0.4 is 20.6 Å². The van der Waals surface area contributed by atoms with E-state index in [1.54, 1.807) is 0 Å². The molecule has 0 saturated carbocycles. The zero-order chi connectivity index (χ0) is 39.3. The number of fused-ring (bicyclic) bond motifs is 10. The predicted octanol–water partition coefficient (Wildman–Crippen LogP) is 13.3. The molecule has 0 unspecified atom stereocenters. The third-order valence-corrected chi connectivity index (χ3v) is 13.6. The summed E-state index contributed by atoms with van der Waals surface area (Å²) in [5, 5.41) is 3.42. The number of anilines is 5. The fraction of sp³-hybridized carbons (Fsp3) is 0.269. The SMILES string of the molecule is Cc1cc2c3c(c1)N(c1cc4c(cc1C)C(C)(C)CCC4(C)C)c1oc4ccccc4c1B3N(c1ccc(C(C)(C)C)cc1)c1cc3oc4ccccc4c3cc1-2. The quantitative estimate of drug-likeness (QED) is 0.165. The lowest BCUT2D eigenvalue weighted by Crippen LogP contribution is -2.61. The number of para-hydroxylation sites is 2. The van der Waals surface area contributed by atoms with E-state index in [1.807, 2.05) is 0 Å². The van der Waals surface area contributed by atoms with Crippen LogP contribution in [-0.4, -0.2) is 6.85 Å². The Morgan fingerprint density at radius 3 is 1.93 bits per heavy atom. The number of hydrogen-bond donors (Lipinski definition) is 0. The van der Waals surface area contributed by atoms with Crippen molar-refractivity contribution in [3.8, 4) is 11.1 Å². The van der Waals surface area contributed by atoms with Crippen LogP contribution >= 0.6 is 0 Å². The summed E-state index contributed by atoms with van der Waals surface area (Å²) < 4.78 is 13.8. The fourth-order valence-corrected chi connectivity index (χ4v) is 10.4. The minimum atomic E-state index is -0.159. The lowest BCUT2D eigenvalue weighted by Gasteiger charge is -2.45. The maximum Gasteiger partial charge on any atom is 0.337 e. The van der Waals surface area contributed by atoms with Gasteiger partial charge in [0.1, 0.15) is 16.7 Å². The summed E-state index contributed by atoms with van der Waals surface area (Å²) in [5.41, 5.74) is 19.2. The van der Waals surface area contributed by atoms with Crippen LogP contribution in [0.5, 0.6) is 0 Å². The minimum absolute atomic E-state index is 0.0336. The molecule has 5 heteroatoms. The van der Waals surface area contributed by atoms with Crippen molar-refractivity contribution in [3.63, 3.8) is 0 Å². The number of nitrogens with zero attached hydrogens (tertiary/aromatic N) is 2. The number of furan rings is 2. The van der Waals surface area contributed by atoms with E-state index < -0.39 is 0 Å². The number of hydrogen-bond acceptors (Lipinski definition) is 4. The average molecular weight is 745 g/mol. The molecule has 0 fully saturated rings. The predicted molar refractivity (Wildman–Crippen MR) is 241 cm³/mol. The van der Waals surface area contributed by atoms with E-state index in [4.69, 9.17) is 8.83 Å². The molecule has 6 aromatic carbocycles. The molecule has 0 spiro atoms. The van der Waals surface area contributed by atoms with Gasteiger partial charge in [-0.05, 0) is 124 Å². The van der Waals surface area contributed by atoms with E-state index in [-0.39, 0.29) is 23.1 Å². The molecule has 0 radical (unpaired) electrons. The third-order valence-electron chi connectivity index (χ3n) is 13.6. The van der Waals surface area contributed by atoms with Crippen LogP contribution in [0, 0.1) is 13.8 Å². The highest BCUT2D eigenvalue weighted by Gasteiger charge is 2.49. The second-order valence-corrected chi connectivity index (χ2v) is 19.4. The molecule has 2 aromatic heterocycles. The minimum Gasteiger partial charge on any atom is -0.456 e. The molecule has 0 amide bonds. The van der Waals surface area contributed by atoms with E-state index in [0.29, 0.717) is 0 Å². The van der Waals surface area contributed by atoms with Gasteiger partial charge in [0.05, 0.1) is 5.69 Å². The lowest BCUT2D eigenvalue weighted by atomic mass is 9.43. The molecule has 11 rings (SSSR count). The van der Waals surface area contributed by atoms with Crippen LogP contribution in [0.4, 0.5) is 28.6 Å². The molecule has 0 bridgehead atoms. The van der Waals surface area contributed by atoms with Crippen molar-refractivity contribution < 1.29 is 8.83 Å². The van der Waals surface area contributed by atoms with Gasteiger partial charge in [-0.15, -0.1) is 0 Å². The van der Waals surface area contributed by atoms with E-state index in [9.17, 15) is 0 Å². The molecule has 2 aliphatic heterocycles. The van der Waals surface area contributed by atoms with Gasteiger partial charge in [-0.2, -0.15) is 0 Å². The first-order valence-corrected chi connectivity index (χ1v) is 20.7. The summed E-state index contributed by atoms with van der Waals surface area (Å²) in [5.74, 6) is 0.894. The Balaban J connectivity index is 1.26. The Labute approximate surface area is 336 Å². The van der Waals surface area contributed by atoms with Crippen LogP contribution in [0.2, 0.25) is 0 Å². The third kappa shape index (κ3) is 4.87. The average Bonchev–Trinajstić information content (AvgIpc) is 3.74. The summed E-state index contributed by atoms with van der Waals surface area (Å²) in [6.07, 6.45) is 2.34. The first kappa shape index (κ1) is 34.6. The first-order valence-electron chi connectivity index (χ1n) is 20.7. The van der Waals surface area contributed by atoms with Crippen LogP contribution in [0.25, 0.3) is 44.0 Å². The van der Waals surface area contributed by atoms with Gasteiger partial charge >= 0.3 is 6.85 Å². The molecule has 0 N–H and O–H groups in total. The smallest absolute Gasteiger partial charge is 0.337 e. The maximum atomic E-state index is 7.17. The molecule has 4 heterocycles. The van der Waals surface area contributed by atoms with Crippen molar-refractivity contribution in [2.45, 2.75) is 91.4 Å². The zero-order valence-electron chi connectivity index (χ0n) is 34.6. The van der Waals surface area contributed by atoms with Crippen molar-refractivity contribution in [1.29, 1.82) is 0 Å². The van der Waals surface area contributed by atoms with Crippen molar-refractivity contribution >= 4 is 79.3 Å². The molecule has 0 atom stereocenters. The van der Waals surface area contributed by atoms with Crippen LogP contribution in [0.1, 0.15) is 89.1 Å². The molecule has 8 aromatic rings. The highest BCUT2D eigenvalue weighted by molar-refractivity contribution is 6.95. The summed E-state index contributed by atoms with van der Waals surface area (Å²) in [4.78, 5) is 5.04. The van der Waals surface area contributed by atoms with Gasteiger partial charge in [0.2, 0.25) is 5.88 Å². The van der Waals surface area contributed by atoms with Crippen LogP contribution in [0.15, 0.2) is 118 Å². The fourth-order valence-electron chi connectivity index (χ4n) is 10.4. The van der Waals surface area contributed by atoms with Crippen LogP contribution in [0.3, 0.4) is 0 Å². The Kier molecular flexibility index (Phi) is 6.95. The molecule has 282 valence electrons. The Hall–Kier alpha value is -5.68. The van der Waals surface area contributed by atoms with E-state index in [0.717, 1.165) is 56.6 Å². The van der Waals surface area contributed by atoms with Gasteiger partial charge in [0.15, 0.2) is 0 Å². The highest BCUT2D eigenvalue weighted by Crippen LogP contribution is 2.53.